The fourth-order valence-electron chi connectivity index (χ4n) is 4.23. The van der Waals surface area contributed by atoms with Crippen molar-refractivity contribution in [2.75, 3.05) is 5.32 Å². The summed E-state index contributed by atoms with van der Waals surface area (Å²) in [6.45, 7) is 0. The lowest BCUT2D eigenvalue weighted by molar-refractivity contribution is 0.281. The molecule has 4 aromatic rings. The van der Waals surface area contributed by atoms with Crippen LogP contribution in [0.15, 0.2) is 48.7 Å². The zero-order valence-electron chi connectivity index (χ0n) is 15.3. The second-order valence-electron chi connectivity index (χ2n) is 7.96. The number of rotatable bonds is 4. The van der Waals surface area contributed by atoms with Gasteiger partial charge in [0, 0.05) is 34.6 Å². The molecular formula is C22H20ClN5. The summed E-state index contributed by atoms with van der Waals surface area (Å²) in [6.07, 6.45) is 6.51. The Morgan fingerprint density at radius 3 is 2.71 bits per heavy atom. The number of hydrogen-bond acceptors (Lipinski definition) is 4. The molecule has 0 spiro atoms. The van der Waals surface area contributed by atoms with E-state index in [1.807, 2.05) is 36.5 Å². The van der Waals surface area contributed by atoms with Crippen LogP contribution in [0.2, 0.25) is 5.02 Å². The van der Waals surface area contributed by atoms with E-state index in [1.54, 1.807) is 0 Å². The highest BCUT2D eigenvalue weighted by atomic mass is 35.5. The molecule has 0 unspecified atom stereocenters. The largest absolute Gasteiger partial charge is 0.367 e. The highest BCUT2D eigenvalue weighted by Crippen LogP contribution is 2.45. The van der Waals surface area contributed by atoms with Crippen molar-refractivity contribution >= 4 is 39.5 Å². The predicted molar refractivity (Wildman–Crippen MR) is 112 cm³/mol. The van der Waals surface area contributed by atoms with Crippen LogP contribution in [-0.4, -0.2) is 25.6 Å². The van der Waals surface area contributed by atoms with E-state index in [2.05, 4.69) is 27.0 Å². The average Bonchev–Trinajstić information content (AvgIpc) is 3.45. The predicted octanol–water partition coefficient (Wildman–Crippen LogP) is 5.33. The fraction of sp³-hybridized carbons (Fsp3) is 0.318. The first kappa shape index (κ1) is 16.3. The molecule has 28 heavy (non-hydrogen) atoms. The van der Waals surface area contributed by atoms with Gasteiger partial charge in [0.2, 0.25) is 0 Å². The van der Waals surface area contributed by atoms with Crippen molar-refractivity contribution in [3.8, 4) is 0 Å². The maximum absolute atomic E-state index is 6.11. The molecular weight excluding hydrogens is 370 g/mol. The summed E-state index contributed by atoms with van der Waals surface area (Å²) in [4.78, 5) is 14.2. The molecule has 0 aliphatic heterocycles. The molecule has 0 bridgehead atoms. The number of anilines is 1. The van der Waals surface area contributed by atoms with Crippen molar-refractivity contribution in [2.45, 2.75) is 43.7 Å². The van der Waals surface area contributed by atoms with Gasteiger partial charge < -0.3 is 9.88 Å². The normalized spacial score (nSPS) is 21.8. The average molecular weight is 390 g/mol. The van der Waals surface area contributed by atoms with Crippen LogP contribution in [0.25, 0.3) is 22.1 Å². The third-order valence-corrected chi connectivity index (χ3v) is 6.14. The molecule has 0 amide bonds. The van der Waals surface area contributed by atoms with Gasteiger partial charge in [0.05, 0.1) is 5.52 Å². The van der Waals surface area contributed by atoms with Gasteiger partial charge in [-0.3, -0.25) is 0 Å². The third-order valence-electron chi connectivity index (χ3n) is 5.90. The quantitative estimate of drug-likeness (QED) is 0.512. The Kier molecular flexibility index (Phi) is 3.60. The van der Waals surface area contributed by atoms with Crippen LogP contribution < -0.4 is 5.32 Å². The number of hydrogen-bond donors (Lipinski definition) is 1. The van der Waals surface area contributed by atoms with Gasteiger partial charge in [0.15, 0.2) is 5.65 Å². The number of halogens is 1. The molecule has 0 radical (unpaired) electrons. The van der Waals surface area contributed by atoms with Gasteiger partial charge in [-0.1, -0.05) is 17.7 Å². The van der Waals surface area contributed by atoms with Gasteiger partial charge in [0.25, 0.3) is 0 Å². The first-order valence-electron chi connectivity index (χ1n) is 9.90. The number of benzene rings is 1. The summed E-state index contributed by atoms with van der Waals surface area (Å²) in [7, 11) is 0. The van der Waals surface area contributed by atoms with Crippen LogP contribution in [0.1, 0.15) is 43.5 Å². The Bertz CT molecular complexity index is 1190. The first-order chi connectivity index (χ1) is 13.7. The molecule has 2 fully saturated rings. The molecule has 1 aromatic carbocycles. The minimum Gasteiger partial charge on any atom is -0.367 e. The van der Waals surface area contributed by atoms with Gasteiger partial charge in [-0.2, -0.15) is 0 Å². The molecule has 140 valence electrons. The lowest BCUT2D eigenvalue weighted by atomic mass is 9.86. The standard InChI is InChI=1S/C22H20ClN5/c23-15-7-5-13-6-8-20(26-19(13)10-15)25-16-11-17(12-16)28-21(14-3-4-14)27-18-2-1-9-24-22(18)28/h1-2,5-10,14,16-17H,3-4,11-12H2,(H,25,26)/t16-,17-. The Morgan fingerprint density at radius 2 is 1.86 bits per heavy atom. The number of nitrogens with one attached hydrogen (secondary N) is 1. The van der Waals surface area contributed by atoms with Crippen molar-refractivity contribution in [3.05, 3.63) is 59.5 Å². The molecule has 6 heteroatoms. The van der Waals surface area contributed by atoms with Gasteiger partial charge in [-0.15, -0.1) is 0 Å². The summed E-state index contributed by atoms with van der Waals surface area (Å²) in [5.41, 5.74) is 2.98. The molecule has 5 nitrogen and oxygen atoms in total. The monoisotopic (exact) mass is 389 g/mol. The minimum absolute atomic E-state index is 0.419. The molecule has 2 aliphatic rings. The van der Waals surface area contributed by atoms with E-state index in [0.29, 0.717) is 23.0 Å². The summed E-state index contributed by atoms with van der Waals surface area (Å²) in [5.74, 6) is 2.76. The Balaban J connectivity index is 1.23. The second kappa shape index (κ2) is 6.17. The van der Waals surface area contributed by atoms with E-state index in [4.69, 9.17) is 21.6 Å². The summed E-state index contributed by atoms with van der Waals surface area (Å²) < 4.78 is 2.40. The van der Waals surface area contributed by atoms with Gasteiger partial charge in [-0.05, 0) is 62.1 Å². The Labute approximate surface area is 167 Å². The van der Waals surface area contributed by atoms with E-state index in [9.17, 15) is 0 Å². The molecule has 3 aromatic heterocycles. The van der Waals surface area contributed by atoms with Gasteiger partial charge in [-0.25, -0.2) is 15.0 Å². The smallest absolute Gasteiger partial charge is 0.160 e. The second-order valence-corrected chi connectivity index (χ2v) is 8.40. The molecule has 1 N–H and O–H groups in total. The van der Waals surface area contributed by atoms with Crippen molar-refractivity contribution in [3.63, 3.8) is 0 Å². The van der Waals surface area contributed by atoms with E-state index in [-0.39, 0.29) is 0 Å². The molecule has 2 saturated carbocycles. The first-order valence-corrected chi connectivity index (χ1v) is 10.3. The van der Waals surface area contributed by atoms with E-state index in [0.717, 1.165) is 40.7 Å². The number of pyridine rings is 2. The van der Waals surface area contributed by atoms with E-state index >= 15 is 0 Å². The maximum atomic E-state index is 6.11. The van der Waals surface area contributed by atoms with Crippen molar-refractivity contribution < 1.29 is 0 Å². The molecule has 2 aliphatic carbocycles. The lowest BCUT2D eigenvalue weighted by Crippen LogP contribution is -2.37. The van der Waals surface area contributed by atoms with Gasteiger partial charge in [0.1, 0.15) is 17.2 Å². The minimum atomic E-state index is 0.419. The number of nitrogens with zero attached hydrogens (tertiary/aromatic N) is 4. The Morgan fingerprint density at radius 1 is 1.00 bits per heavy atom. The number of fused-ring (bicyclic) bond motifs is 2. The fourth-order valence-corrected chi connectivity index (χ4v) is 4.40. The lowest BCUT2D eigenvalue weighted by Gasteiger charge is -2.38. The van der Waals surface area contributed by atoms with Crippen LogP contribution in [-0.2, 0) is 0 Å². The topological polar surface area (TPSA) is 55.6 Å². The van der Waals surface area contributed by atoms with Crippen molar-refractivity contribution in [1.29, 1.82) is 0 Å². The molecule has 6 rings (SSSR count). The van der Waals surface area contributed by atoms with Crippen molar-refractivity contribution in [1.82, 2.24) is 19.5 Å². The number of aromatic nitrogens is 4. The number of imidazole rings is 1. The molecule has 0 atom stereocenters. The van der Waals surface area contributed by atoms with Crippen LogP contribution in [0.3, 0.4) is 0 Å². The third kappa shape index (κ3) is 2.73. The zero-order chi connectivity index (χ0) is 18.7. The maximum Gasteiger partial charge on any atom is 0.160 e. The molecule has 3 heterocycles. The van der Waals surface area contributed by atoms with Crippen LogP contribution >= 0.6 is 11.6 Å². The Hall–Kier alpha value is -2.66. The van der Waals surface area contributed by atoms with E-state index in [1.165, 1.54) is 18.7 Å². The highest BCUT2D eigenvalue weighted by Gasteiger charge is 2.37. The van der Waals surface area contributed by atoms with Gasteiger partial charge >= 0.3 is 0 Å². The van der Waals surface area contributed by atoms with Crippen LogP contribution in [0.4, 0.5) is 5.82 Å². The zero-order valence-corrected chi connectivity index (χ0v) is 16.1. The summed E-state index contributed by atoms with van der Waals surface area (Å²) in [6, 6.07) is 14.9. The summed E-state index contributed by atoms with van der Waals surface area (Å²) in [5, 5.41) is 5.40. The SMILES string of the molecule is Clc1ccc2ccc(N[C@H]3C[C@H](n4c(C5CC5)nc5cccnc54)C3)nc2c1. The van der Waals surface area contributed by atoms with Crippen LogP contribution in [0, 0.1) is 0 Å². The van der Waals surface area contributed by atoms with E-state index < -0.39 is 0 Å². The van der Waals surface area contributed by atoms with Crippen LogP contribution in [0.5, 0.6) is 0 Å². The van der Waals surface area contributed by atoms with Crippen molar-refractivity contribution in [2.24, 2.45) is 0 Å². The molecule has 0 saturated heterocycles. The highest BCUT2D eigenvalue weighted by molar-refractivity contribution is 6.31. The summed E-state index contributed by atoms with van der Waals surface area (Å²) >= 11 is 6.11.